The van der Waals surface area contributed by atoms with Crippen LogP contribution in [0.4, 0.5) is 0 Å². The van der Waals surface area contributed by atoms with Crippen LogP contribution in [0, 0.1) is 0 Å². The Kier molecular flexibility index (Phi) is 8.16. The first kappa shape index (κ1) is 28.0. The summed E-state index contributed by atoms with van der Waals surface area (Å²) in [6, 6.07) is 17.7. The first-order chi connectivity index (χ1) is 19.9. The first-order valence-electron chi connectivity index (χ1n) is 13.4. The van der Waals surface area contributed by atoms with Gasteiger partial charge in [-0.2, -0.15) is 0 Å². The zero-order valence-electron chi connectivity index (χ0n) is 23.3. The molecule has 8 nitrogen and oxygen atoms in total. The van der Waals surface area contributed by atoms with E-state index in [0.717, 1.165) is 22.8 Å². The molecule has 3 aromatic carbocycles. The minimum atomic E-state index is -0.804. The summed E-state index contributed by atoms with van der Waals surface area (Å²) in [5.74, 6) is 0.0663. The first-order valence-corrected chi connectivity index (χ1v) is 14.2. The molecule has 1 aromatic heterocycles. The fraction of sp³-hybridized carbons (Fsp3) is 0.250. The maximum Gasteiger partial charge on any atom is 0.338 e. The van der Waals surface area contributed by atoms with Crippen LogP contribution in [-0.4, -0.2) is 30.2 Å². The maximum atomic E-state index is 14.1. The van der Waals surface area contributed by atoms with Crippen LogP contribution in [0.2, 0.25) is 0 Å². The van der Waals surface area contributed by atoms with Crippen molar-refractivity contribution in [3.63, 3.8) is 0 Å². The van der Waals surface area contributed by atoms with E-state index in [0.29, 0.717) is 44.1 Å². The second-order valence-corrected chi connectivity index (χ2v) is 10.5. The van der Waals surface area contributed by atoms with E-state index in [1.807, 2.05) is 43.3 Å². The largest absolute Gasteiger partial charge is 0.496 e. The van der Waals surface area contributed by atoms with Gasteiger partial charge in [0.05, 0.1) is 29.5 Å². The summed E-state index contributed by atoms with van der Waals surface area (Å²) < 4.78 is 18.5. The lowest BCUT2D eigenvalue weighted by Gasteiger charge is -2.28. The van der Waals surface area contributed by atoms with E-state index in [9.17, 15) is 14.4 Å². The van der Waals surface area contributed by atoms with Crippen LogP contribution in [0.3, 0.4) is 0 Å². The normalized spacial score (nSPS) is 14.9. The van der Waals surface area contributed by atoms with Crippen LogP contribution in [0.15, 0.2) is 81.7 Å². The molecule has 0 saturated heterocycles. The predicted octanol–water partition coefficient (Wildman–Crippen LogP) is 4.67. The molecule has 0 amide bonds. The zero-order chi connectivity index (χ0) is 29.1. The molecule has 0 fully saturated rings. The molecule has 41 heavy (non-hydrogen) atoms. The van der Waals surface area contributed by atoms with Gasteiger partial charge in [0.2, 0.25) is 0 Å². The average molecular weight is 571 g/mol. The number of hydrogen-bond acceptors (Lipinski definition) is 8. The van der Waals surface area contributed by atoms with Gasteiger partial charge in [-0.1, -0.05) is 67.1 Å². The number of carbonyl (C=O) groups is 2. The molecule has 0 saturated carbocycles. The van der Waals surface area contributed by atoms with E-state index < -0.39 is 18.0 Å². The van der Waals surface area contributed by atoms with Crippen molar-refractivity contribution in [2.75, 3.05) is 13.7 Å². The SMILES string of the molecule is CCCC1=C(C(=O)OCC)[C@@H](c2c(OC)ccc3ccccc23)n2c(s/c(=C\c3ccc(OC(C)=O)cc3)c2=O)=N1. The highest BCUT2D eigenvalue weighted by molar-refractivity contribution is 7.07. The van der Waals surface area contributed by atoms with Gasteiger partial charge in [-0.25, -0.2) is 9.79 Å². The highest BCUT2D eigenvalue weighted by atomic mass is 32.1. The van der Waals surface area contributed by atoms with E-state index in [2.05, 4.69) is 0 Å². The van der Waals surface area contributed by atoms with Crippen molar-refractivity contribution >= 4 is 40.1 Å². The maximum absolute atomic E-state index is 14.1. The Labute approximate surface area is 240 Å². The molecule has 1 atom stereocenters. The average Bonchev–Trinajstić information content (AvgIpc) is 3.27. The quantitative estimate of drug-likeness (QED) is 0.226. The van der Waals surface area contributed by atoms with Crippen molar-refractivity contribution in [1.29, 1.82) is 0 Å². The molecule has 1 aliphatic rings. The second-order valence-electron chi connectivity index (χ2n) is 9.48. The third-order valence-electron chi connectivity index (χ3n) is 6.76. The number of rotatable bonds is 8. The molecule has 5 rings (SSSR count). The van der Waals surface area contributed by atoms with Crippen LogP contribution in [0.5, 0.6) is 11.5 Å². The number of methoxy groups -OCH3 is 1. The molecule has 1 aliphatic heterocycles. The third kappa shape index (κ3) is 5.45. The topological polar surface area (TPSA) is 96.2 Å². The number of benzene rings is 3. The molecule has 0 N–H and O–H groups in total. The number of aromatic nitrogens is 1. The summed E-state index contributed by atoms with van der Waals surface area (Å²) in [6.45, 7) is 5.31. The van der Waals surface area contributed by atoms with Crippen molar-refractivity contribution in [2.24, 2.45) is 4.99 Å². The van der Waals surface area contributed by atoms with E-state index in [-0.39, 0.29) is 12.2 Å². The number of ether oxygens (including phenoxy) is 3. The summed E-state index contributed by atoms with van der Waals surface area (Å²) in [6.07, 6.45) is 3.07. The molecule has 0 unspecified atom stereocenters. The van der Waals surface area contributed by atoms with Gasteiger partial charge in [0.25, 0.3) is 5.56 Å². The monoisotopic (exact) mass is 570 g/mol. The van der Waals surface area contributed by atoms with E-state index in [4.69, 9.17) is 19.2 Å². The van der Waals surface area contributed by atoms with E-state index in [1.54, 1.807) is 48.9 Å². The Balaban J connectivity index is 1.80. The predicted molar refractivity (Wildman–Crippen MR) is 158 cm³/mol. The lowest BCUT2D eigenvalue weighted by Crippen LogP contribution is -2.40. The van der Waals surface area contributed by atoms with Gasteiger partial charge in [0.1, 0.15) is 17.5 Å². The molecule has 0 bridgehead atoms. The Bertz CT molecular complexity index is 1850. The Hall–Kier alpha value is -4.50. The van der Waals surface area contributed by atoms with Crippen LogP contribution >= 0.6 is 11.3 Å². The number of allylic oxidation sites excluding steroid dienone is 1. The van der Waals surface area contributed by atoms with Crippen molar-refractivity contribution in [1.82, 2.24) is 4.57 Å². The molecular formula is C32H30N2O6S. The summed E-state index contributed by atoms with van der Waals surface area (Å²) in [7, 11) is 1.58. The number of thiazole rings is 1. The standard InChI is InChI=1S/C32H30N2O6S/c1-5-9-24-28(31(37)39-6-2)29(27-23-11-8-7-10-21(23)14-17-25(27)38-4)34-30(36)26(41-32(34)33-24)18-20-12-15-22(16-13-20)40-19(3)35/h7-8,10-18,29H,5-6,9H2,1-4H3/b26-18-/t29-/m1/s1. The van der Waals surface area contributed by atoms with E-state index in [1.165, 1.54) is 18.3 Å². The summed E-state index contributed by atoms with van der Waals surface area (Å²) >= 11 is 1.26. The Morgan fingerprint density at radius 2 is 1.80 bits per heavy atom. The third-order valence-corrected chi connectivity index (χ3v) is 7.74. The lowest BCUT2D eigenvalue weighted by molar-refractivity contribution is -0.139. The smallest absolute Gasteiger partial charge is 0.338 e. The van der Waals surface area contributed by atoms with Crippen LogP contribution in [-0.2, 0) is 14.3 Å². The minimum Gasteiger partial charge on any atom is -0.496 e. The summed E-state index contributed by atoms with van der Waals surface area (Å²) in [5.41, 5.74) is 2.12. The van der Waals surface area contributed by atoms with Crippen molar-refractivity contribution in [3.8, 4) is 11.5 Å². The lowest BCUT2D eigenvalue weighted by atomic mass is 9.90. The van der Waals surface area contributed by atoms with Crippen LogP contribution in [0.1, 0.15) is 50.8 Å². The van der Waals surface area contributed by atoms with Crippen LogP contribution < -0.4 is 24.4 Å². The molecule has 0 aliphatic carbocycles. The van der Waals surface area contributed by atoms with Gasteiger partial charge in [-0.05, 0) is 54.0 Å². The molecule has 4 aromatic rings. The number of carbonyl (C=O) groups excluding carboxylic acids is 2. The minimum absolute atomic E-state index is 0.189. The van der Waals surface area contributed by atoms with Crippen LogP contribution in [0.25, 0.3) is 16.8 Å². The van der Waals surface area contributed by atoms with Gasteiger partial charge in [0.15, 0.2) is 4.80 Å². The van der Waals surface area contributed by atoms with Gasteiger partial charge in [-0.15, -0.1) is 0 Å². The molecule has 0 radical (unpaired) electrons. The second kappa shape index (κ2) is 11.9. The van der Waals surface area contributed by atoms with Crippen molar-refractivity contribution in [3.05, 3.63) is 103 Å². The highest BCUT2D eigenvalue weighted by Crippen LogP contribution is 2.41. The van der Waals surface area contributed by atoms with Gasteiger partial charge in [0, 0.05) is 12.5 Å². The molecule has 2 heterocycles. The Morgan fingerprint density at radius 1 is 1.05 bits per heavy atom. The van der Waals surface area contributed by atoms with Gasteiger partial charge >= 0.3 is 11.9 Å². The zero-order valence-corrected chi connectivity index (χ0v) is 24.1. The molecule has 0 spiro atoms. The number of esters is 2. The number of nitrogens with zero attached hydrogens (tertiary/aromatic N) is 2. The highest BCUT2D eigenvalue weighted by Gasteiger charge is 2.37. The van der Waals surface area contributed by atoms with E-state index >= 15 is 0 Å². The molecular weight excluding hydrogens is 540 g/mol. The number of hydrogen-bond donors (Lipinski definition) is 0. The molecule has 210 valence electrons. The number of fused-ring (bicyclic) bond motifs is 2. The fourth-order valence-electron chi connectivity index (χ4n) is 5.08. The van der Waals surface area contributed by atoms with Crippen molar-refractivity contribution < 1.29 is 23.8 Å². The summed E-state index contributed by atoms with van der Waals surface area (Å²) in [4.78, 5) is 44.3. The Morgan fingerprint density at radius 3 is 2.49 bits per heavy atom. The van der Waals surface area contributed by atoms with Gasteiger partial charge in [-0.3, -0.25) is 14.2 Å². The van der Waals surface area contributed by atoms with Crippen molar-refractivity contribution in [2.45, 2.75) is 39.7 Å². The van der Waals surface area contributed by atoms with Gasteiger partial charge < -0.3 is 14.2 Å². The molecule has 9 heteroatoms. The fourth-order valence-corrected chi connectivity index (χ4v) is 6.10. The summed E-state index contributed by atoms with van der Waals surface area (Å²) in [5, 5.41) is 1.82.